The summed E-state index contributed by atoms with van der Waals surface area (Å²) in [6.07, 6.45) is 6.68. The third-order valence-electron chi connectivity index (χ3n) is 8.55. The molecule has 2 aromatic heterocycles. The lowest BCUT2D eigenvalue weighted by Crippen LogP contribution is -2.59. The minimum Gasteiger partial charge on any atom is -0.356 e. The van der Waals surface area contributed by atoms with Crippen molar-refractivity contribution in [2.45, 2.75) is 46.6 Å². The van der Waals surface area contributed by atoms with Gasteiger partial charge >= 0.3 is 0 Å². The topological polar surface area (TPSA) is 68.4 Å². The molecule has 0 atom stereocenters. The quantitative estimate of drug-likeness (QED) is 0.549. The second kappa shape index (κ2) is 8.73. The van der Waals surface area contributed by atoms with Crippen LogP contribution in [0.4, 0.5) is 5.82 Å². The Bertz CT molecular complexity index is 1350. The Morgan fingerprint density at radius 2 is 2.03 bits per heavy atom. The number of carbonyl (C=O) groups excluding carboxylic acids is 1. The molecule has 36 heavy (non-hydrogen) atoms. The molecule has 1 amide bonds. The van der Waals surface area contributed by atoms with Crippen molar-refractivity contribution in [3.05, 3.63) is 53.4 Å². The highest BCUT2D eigenvalue weighted by molar-refractivity contribution is 5.98. The van der Waals surface area contributed by atoms with Gasteiger partial charge in [-0.3, -0.25) is 14.8 Å². The summed E-state index contributed by atoms with van der Waals surface area (Å²) in [4.78, 5) is 24.4. The number of aromatic nitrogens is 3. The third kappa shape index (κ3) is 3.63. The Labute approximate surface area is 213 Å². The van der Waals surface area contributed by atoms with Crippen LogP contribution in [0, 0.1) is 19.3 Å². The molecule has 6 rings (SSSR count). The summed E-state index contributed by atoms with van der Waals surface area (Å²) in [5, 5.41) is 8.73. The van der Waals surface area contributed by atoms with Gasteiger partial charge in [-0.15, -0.1) is 0 Å². The van der Waals surface area contributed by atoms with E-state index in [1.165, 1.54) is 45.0 Å². The highest BCUT2D eigenvalue weighted by atomic mass is 16.2. The van der Waals surface area contributed by atoms with Crippen LogP contribution in [0.25, 0.3) is 22.0 Å². The molecule has 2 saturated heterocycles. The molecule has 3 aliphatic rings. The molecule has 3 aliphatic heterocycles. The van der Waals surface area contributed by atoms with Gasteiger partial charge in [0.15, 0.2) is 0 Å². The summed E-state index contributed by atoms with van der Waals surface area (Å²) in [5.41, 5.74) is 9.08. The number of aromatic amines is 1. The first-order chi connectivity index (χ1) is 17.4. The van der Waals surface area contributed by atoms with Crippen molar-refractivity contribution in [1.29, 1.82) is 0 Å². The van der Waals surface area contributed by atoms with Gasteiger partial charge in [-0.05, 0) is 79.6 Å². The zero-order chi connectivity index (χ0) is 25.0. The first-order valence-electron chi connectivity index (χ1n) is 13.3. The number of benzene rings is 1. The first kappa shape index (κ1) is 23.2. The number of fused-ring (bicyclic) bond motifs is 2. The highest BCUT2D eigenvalue weighted by Crippen LogP contribution is 2.45. The third-order valence-corrected chi connectivity index (χ3v) is 8.55. The van der Waals surface area contributed by atoms with Crippen molar-refractivity contribution in [3.8, 4) is 11.1 Å². The van der Waals surface area contributed by atoms with Crippen molar-refractivity contribution in [2.24, 2.45) is 5.41 Å². The molecule has 7 heteroatoms. The fourth-order valence-electron chi connectivity index (χ4n) is 6.76. The SMILES string of the molecule is C=CC(=O)N1CC2(CCN(c3nc4c(c(-c5c(C)ccc6[nH]ncc56)c3C)CCN(CCC)C4)C2)C1. The lowest BCUT2D eigenvalue weighted by molar-refractivity contribution is -0.136. The Balaban J connectivity index is 1.44. The van der Waals surface area contributed by atoms with E-state index < -0.39 is 0 Å². The number of amides is 1. The van der Waals surface area contributed by atoms with Gasteiger partial charge < -0.3 is 9.80 Å². The van der Waals surface area contributed by atoms with Crippen LogP contribution in [0.3, 0.4) is 0 Å². The number of hydrogen-bond donors (Lipinski definition) is 1. The van der Waals surface area contributed by atoms with Gasteiger partial charge in [0.2, 0.25) is 5.91 Å². The van der Waals surface area contributed by atoms with Crippen LogP contribution in [0.5, 0.6) is 0 Å². The van der Waals surface area contributed by atoms with Gasteiger partial charge in [0.1, 0.15) is 5.82 Å². The number of nitrogens with zero attached hydrogens (tertiary/aromatic N) is 5. The van der Waals surface area contributed by atoms with Gasteiger partial charge in [0, 0.05) is 50.1 Å². The molecule has 7 nitrogen and oxygen atoms in total. The summed E-state index contributed by atoms with van der Waals surface area (Å²) in [6, 6.07) is 4.34. The number of pyridine rings is 1. The van der Waals surface area contributed by atoms with Crippen molar-refractivity contribution in [3.63, 3.8) is 0 Å². The molecule has 188 valence electrons. The number of nitrogens with one attached hydrogen (secondary N) is 1. The Morgan fingerprint density at radius 3 is 2.81 bits per heavy atom. The molecular formula is C29H36N6O. The lowest BCUT2D eigenvalue weighted by Gasteiger charge is -2.47. The maximum Gasteiger partial charge on any atom is 0.245 e. The molecule has 3 aromatic rings. The van der Waals surface area contributed by atoms with Gasteiger partial charge in [-0.25, -0.2) is 4.98 Å². The van der Waals surface area contributed by atoms with Crippen molar-refractivity contribution >= 4 is 22.6 Å². The summed E-state index contributed by atoms with van der Waals surface area (Å²) in [7, 11) is 0. The molecule has 0 bridgehead atoms. The van der Waals surface area contributed by atoms with E-state index >= 15 is 0 Å². The summed E-state index contributed by atoms with van der Waals surface area (Å²) >= 11 is 0. The Kier molecular flexibility index (Phi) is 5.63. The Hall–Kier alpha value is -3.19. The van der Waals surface area contributed by atoms with Crippen LogP contribution in [0.1, 0.15) is 42.1 Å². The number of carbonyl (C=O) groups is 1. The number of aryl methyl sites for hydroxylation is 1. The predicted molar refractivity (Wildman–Crippen MR) is 144 cm³/mol. The zero-order valence-corrected chi connectivity index (χ0v) is 21.7. The first-order valence-corrected chi connectivity index (χ1v) is 13.3. The van der Waals surface area contributed by atoms with Crippen LogP contribution in [-0.2, 0) is 17.8 Å². The van der Waals surface area contributed by atoms with E-state index in [1.54, 1.807) is 0 Å². The number of anilines is 1. The van der Waals surface area contributed by atoms with Crippen molar-refractivity contribution in [1.82, 2.24) is 25.0 Å². The van der Waals surface area contributed by atoms with Crippen molar-refractivity contribution < 1.29 is 4.79 Å². The second-order valence-corrected chi connectivity index (χ2v) is 11.0. The number of H-pyrrole nitrogens is 1. The molecule has 1 aromatic carbocycles. The zero-order valence-electron chi connectivity index (χ0n) is 21.7. The molecule has 5 heterocycles. The normalized spacial score (nSPS) is 19.1. The van der Waals surface area contributed by atoms with Crippen LogP contribution in [0.2, 0.25) is 0 Å². The minimum absolute atomic E-state index is 0.0455. The van der Waals surface area contributed by atoms with Gasteiger partial charge in [0.25, 0.3) is 0 Å². The van der Waals surface area contributed by atoms with Crippen LogP contribution >= 0.6 is 0 Å². The van der Waals surface area contributed by atoms with E-state index in [-0.39, 0.29) is 11.3 Å². The van der Waals surface area contributed by atoms with E-state index in [2.05, 4.69) is 59.5 Å². The highest BCUT2D eigenvalue weighted by Gasteiger charge is 2.49. The molecule has 0 saturated carbocycles. The molecular weight excluding hydrogens is 448 g/mol. The maximum atomic E-state index is 12.1. The van der Waals surface area contributed by atoms with E-state index in [0.29, 0.717) is 0 Å². The standard InChI is InChI=1S/C29H36N6O/c1-5-11-33-12-9-21-24(15-33)31-28(34-13-10-29(16-34)17-35(18-29)25(36)6-2)20(4)27(21)26-19(3)7-8-23-22(26)14-30-32-23/h6-8,14H,2,5,9-13,15-18H2,1,3-4H3,(H,30,32). The summed E-state index contributed by atoms with van der Waals surface area (Å²) in [5.74, 6) is 1.16. The predicted octanol–water partition coefficient (Wildman–Crippen LogP) is 4.23. The van der Waals surface area contributed by atoms with Crippen LogP contribution in [-0.4, -0.2) is 70.2 Å². The average molecular weight is 485 g/mol. The molecule has 2 fully saturated rings. The average Bonchev–Trinajstić information content (AvgIpc) is 3.51. The molecule has 0 unspecified atom stereocenters. The van der Waals surface area contributed by atoms with E-state index in [0.717, 1.165) is 76.4 Å². The second-order valence-electron chi connectivity index (χ2n) is 11.0. The fraction of sp³-hybridized carbons (Fsp3) is 0.483. The summed E-state index contributed by atoms with van der Waals surface area (Å²) in [6.45, 7) is 17.0. The largest absolute Gasteiger partial charge is 0.356 e. The maximum absolute atomic E-state index is 12.1. The van der Waals surface area contributed by atoms with E-state index in [9.17, 15) is 4.79 Å². The molecule has 1 spiro atoms. The van der Waals surface area contributed by atoms with Gasteiger partial charge in [0.05, 0.1) is 17.4 Å². The van der Waals surface area contributed by atoms with Crippen LogP contribution in [0.15, 0.2) is 31.0 Å². The monoisotopic (exact) mass is 484 g/mol. The van der Waals surface area contributed by atoms with E-state index in [4.69, 9.17) is 4.98 Å². The Morgan fingerprint density at radius 1 is 1.19 bits per heavy atom. The van der Waals surface area contributed by atoms with Gasteiger partial charge in [-0.1, -0.05) is 19.6 Å². The lowest BCUT2D eigenvalue weighted by atomic mass is 9.79. The van der Waals surface area contributed by atoms with E-state index in [1.807, 2.05) is 11.1 Å². The molecule has 0 radical (unpaired) electrons. The molecule has 1 N–H and O–H groups in total. The number of rotatable bonds is 5. The van der Waals surface area contributed by atoms with Gasteiger partial charge in [-0.2, -0.15) is 5.10 Å². The summed E-state index contributed by atoms with van der Waals surface area (Å²) < 4.78 is 0. The van der Waals surface area contributed by atoms with Crippen LogP contribution < -0.4 is 4.90 Å². The number of hydrogen-bond acceptors (Lipinski definition) is 5. The smallest absolute Gasteiger partial charge is 0.245 e. The molecule has 0 aliphatic carbocycles. The fourth-order valence-corrected chi connectivity index (χ4v) is 6.76. The number of likely N-dealkylation sites (tertiary alicyclic amines) is 1. The van der Waals surface area contributed by atoms with Crippen molar-refractivity contribution in [2.75, 3.05) is 44.2 Å². The minimum atomic E-state index is 0.0455.